The fraction of sp³-hybridized carbons (Fsp3) is 0.435. The largest absolute Gasteiger partial charge is 0.489 e. The minimum absolute atomic E-state index is 0.0371. The Morgan fingerprint density at radius 3 is 2.36 bits per heavy atom. The summed E-state index contributed by atoms with van der Waals surface area (Å²) in [5, 5.41) is 10.1. The van der Waals surface area contributed by atoms with E-state index in [-0.39, 0.29) is 60.6 Å². The van der Waals surface area contributed by atoms with Gasteiger partial charge in [-0.2, -0.15) is 4.37 Å². The number of methoxy groups -OCH3 is 1. The van der Waals surface area contributed by atoms with Gasteiger partial charge in [-0.1, -0.05) is 87.1 Å². The number of terminal acetylenes is 1. The Labute approximate surface area is 424 Å². The first kappa shape index (κ1) is 57.5. The second kappa shape index (κ2) is 26.4. The summed E-state index contributed by atoms with van der Waals surface area (Å²) in [6, 6.07) is 16.1. The highest BCUT2D eigenvalue weighted by atomic mass is 35.5. The standard InChI is InChI=1S/C18H17FN4O2S.C14H20ClNO2.C11H11Cl2NO2.C3H8NO5P/c1-4-5-22-13-7-12(11(19)6-14(13)25-9-16(22)24)20-17-23-10-18(2,3)8-15(23)21-26-17;1-4-11-7-6-8-12(5-2)14(11)16(10-18-3)13(17)9-15;1-7-6-16-9-5-3-2-4-8(9)14(7)11(15)10(12)13;5-3(6)1-4-2-10(7,8)9/h1,6-7H,5,8-10H2,2-3H3;6-8H,4-5,9-10H2,1-3H3;2-5,7,10H,6H2,1H3;4H,1-2H2,(H,5,6)(H2,7,8,9)/b20-17-;;;. The molecular weight excluding hydrogens is 1010 g/mol. The van der Waals surface area contributed by atoms with Crippen LogP contribution in [-0.4, -0.2) is 111 Å². The van der Waals surface area contributed by atoms with Gasteiger partial charge in [-0.15, -0.1) is 18.0 Å². The van der Waals surface area contributed by atoms with Crippen LogP contribution in [-0.2, 0) is 54.3 Å². The van der Waals surface area contributed by atoms with Crippen molar-refractivity contribution in [1.82, 2.24) is 14.3 Å². The third-order valence-corrected chi connectivity index (χ3v) is 12.4. The summed E-state index contributed by atoms with van der Waals surface area (Å²) in [6.45, 7) is 11.3. The molecule has 3 aliphatic rings. The van der Waals surface area contributed by atoms with E-state index >= 15 is 0 Å². The van der Waals surface area contributed by atoms with Crippen LogP contribution in [0.3, 0.4) is 0 Å². The van der Waals surface area contributed by atoms with Crippen molar-refractivity contribution in [3.63, 3.8) is 0 Å². The molecule has 4 N–H and O–H groups in total. The van der Waals surface area contributed by atoms with Crippen molar-refractivity contribution in [3.8, 4) is 23.8 Å². The van der Waals surface area contributed by atoms with Crippen LogP contribution < -0.4 is 34.3 Å². The predicted molar refractivity (Wildman–Crippen MR) is 268 cm³/mol. The maximum Gasteiger partial charge on any atom is 0.339 e. The Morgan fingerprint density at radius 2 is 1.77 bits per heavy atom. The van der Waals surface area contributed by atoms with Gasteiger partial charge in [0.25, 0.3) is 11.8 Å². The number of hydrogen-bond acceptors (Lipinski definition) is 12. The molecule has 1 aromatic heterocycles. The Bertz CT molecular complexity index is 2640. The Balaban J connectivity index is 0.000000215. The number of carboxylic acid groups (broad SMARTS) is 1. The van der Waals surface area contributed by atoms with Crippen LogP contribution in [0.2, 0.25) is 0 Å². The van der Waals surface area contributed by atoms with Gasteiger partial charge >= 0.3 is 13.6 Å². The number of para-hydroxylation sites is 3. The number of nitrogens with one attached hydrogen (secondary N) is 1. The first-order valence-electron chi connectivity index (χ1n) is 21.7. The average Bonchev–Trinajstić information content (AvgIpc) is 3.83. The lowest BCUT2D eigenvalue weighted by Crippen LogP contribution is -2.47. The van der Waals surface area contributed by atoms with Crippen molar-refractivity contribution in [2.24, 2.45) is 10.4 Å². The van der Waals surface area contributed by atoms with Crippen molar-refractivity contribution in [2.45, 2.75) is 71.3 Å². The lowest BCUT2D eigenvalue weighted by atomic mass is 9.92. The highest BCUT2D eigenvalue weighted by molar-refractivity contribution is 7.51. The number of ether oxygens (including phenoxy) is 3. The minimum atomic E-state index is -4.10. The number of carbonyl (C=O) groups is 4. The topological polar surface area (TPSA) is 226 Å². The molecule has 3 aromatic carbocycles. The number of fused-ring (bicyclic) bond motifs is 3. The number of amides is 3. The Kier molecular flexibility index (Phi) is 21.7. The minimum Gasteiger partial charge on any atom is -0.489 e. The second-order valence-corrected chi connectivity index (χ2v) is 20.2. The highest BCUT2D eigenvalue weighted by Crippen LogP contribution is 2.38. The number of carboxylic acids is 1. The highest BCUT2D eigenvalue weighted by Gasteiger charge is 2.33. The summed E-state index contributed by atoms with van der Waals surface area (Å²) in [7, 11) is -2.52. The molecule has 0 bridgehead atoms. The van der Waals surface area contributed by atoms with Gasteiger partial charge in [-0.25, -0.2) is 9.38 Å². The fourth-order valence-corrected chi connectivity index (χ4v) is 8.84. The molecule has 18 nitrogen and oxygen atoms in total. The molecule has 1 atom stereocenters. The van der Waals surface area contributed by atoms with Crippen LogP contribution >= 0.6 is 53.9 Å². The number of alkyl halides is 3. The van der Waals surface area contributed by atoms with E-state index in [0.29, 0.717) is 28.6 Å². The summed E-state index contributed by atoms with van der Waals surface area (Å²) < 4.78 is 47.0. The van der Waals surface area contributed by atoms with E-state index in [1.165, 1.54) is 28.6 Å². The van der Waals surface area contributed by atoms with Crippen LogP contribution in [0.4, 0.5) is 27.1 Å². The molecule has 0 radical (unpaired) electrons. The molecule has 0 aliphatic carbocycles. The predicted octanol–water partition coefficient (Wildman–Crippen LogP) is 6.64. The van der Waals surface area contributed by atoms with Crippen molar-refractivity contribution in [2.75, 3.05) is 67.0 Å². The number of halogens is 4. The third-order valence-electron chi connectivity index (χ3n) is 10.4. The summed E-state index contributed by atoms with van der Waals surface area (Å²) >= 11 is 18.2. The second-order valence-electron chi connectivity index (χ2n) is 16.4. The van der Waals surface area contributed by atoms with E-state index in [9.17, 15) is 28.1 Å². The zero-order chi connectivity index (χ0) is 51.9. The number of aryl methyl sites for hydroxylation is 2. The molecule has 1 unspecified atom stereocenters. The van der Waals surface area contributed by atoms with E-state index in [1.54, 1.807) is 16.9 Å². The first-order valence-corrected chi connectivity index (χ1v) is 25.6. The lowest BCUT2D eigenvalue weighted by molar-refractivity contribution is -0.136. The Morgan fingerprint density at radius 1 is 1.10 bits per heavy atom. The zero-order valence-corrected chi connectivity index (χ0v) is 43.3. The number of anilines is 3. The van der Waals surface area contributed by atoms with Gasteiger partial charge in [0, 0.05) is 37.7 Å². The zero-order valence-electron chi connectivity index (χ0n) is 39.4. The molecule has 24 heteroatoms. The number of aromatic nitrogens is 2. The van der Waals surface area contributed by atoms with E-state index < -0.39 is 37.0 Å². The third kappa shape index (κ3) is 15.7. The van der Waals surface area contributed by atoms with Crippen molar-refractivity contribution < 1.29 is 57.2 Å². The molecule has 4 heterocycles. The summed E-state index contributed by atoms with van der Waals surface area (Å²) in [5.41, 5.74) is 4.64. The average molecular weight is 1070 g/mol. The van der Waals surface area contributed by atoms with Crippen LogP contribution in [0.25, 0.3) is 0 Å². The quantitative estimate of drug-likeness (QED) is 0.0477. The van der Waals surface area contributed by atoms with Gasteiger partial charge in [0.15, 0.2) is 17.3 Å². The van der Waals surface area contributed by atoms with Gasteiger partial charge in [-0.3, -0.25) is 38.9 Å². The molecule has 0 saturated heterocycles. The van der Waals surface area contributed by atoms with Gasteiger partial charge < -0.3 is 38.6 Å². The number of benzene rings is 3. The van der Waals surface area contributed by atoms with Crippen LogP contribution in [0.1, 0.15) is 51.6 Å². The number of carbonyl (C=O) groups excluding carboxylic acids is 3. The first-order chi connectivity index (χ1) is 33.1. The van der Waals surface area contributed by atoms with Crippen molar-refractivity contribution in [1.29, 1.82) is 0 Å². The normalized spacial score (nSPS) is 15.5. The van der Waals surface area contributed by atoms with Gasteiger partial charge in [0.2, 0.25) is 10.7 Å². The fourth-order valence-electron chi connectivity index (χ4n) is 7.32. The van der Waals surface area contributed by atoms with E-state index in [0.717, 1.165) is 54.1 Å². The molecule has 70 heavy (non-hydrogen) atoms. The number of nitrogens with zero attached hydrogens (tertiary/aromatic N) is 6. The van der Waals surface area contributed by atoms with Crippen LogP contribution in [0.5, 0.6) is 11.5 Å². The van der Waals surface area contributed by atoms with E-state index in [2.05, 4.69) is 48.3 Å². The Hall–Kier alpha value is -5.07. The number of rotatable bonds is 13. The van der Waals surface area contributed by atoms with Gasteiger partial charge in [0.05, 0.1) is 42.5 Å². The molecule has 3 amide bonds. The van der Waals surface area contributed by atoms with Crippen molar-refractivity contribution in [3.05, 3.63) is 82.2 Å². The van der Waals surface area contributed by atoms with E-state index in [4.69, 9.17) is 70.3 Å². The SMILES string of the molecule is C#CCN1C(=O)COc2cc(F)c(/N=c3\snc4n3CC(C)(C)C4)cc21.CC1COc2ccccc2N1C(=O)C(Cl)Cl.CCc1cccc(CC)c1N(COC)C(=O)CCl.O=C(O)CNCP(=O)(O)O. The smallest absolute Gasteiger partial charge is 0.339 e. The molecule has 0 saturated carbocycles. The van der Waals surface area contributed by atoms with Crippen molar-refractivity contribution >= 4 is 100 Å². The summed E-state index contributed by atoms with van der Waals surface area (Å²) in [4.78, 5) is 70.7. The molecular formula is C46H56Cl3FN7O11PS. The van der Waals surface area contributed by atoms with E-state index in [1.807, 2.05) is 54.0 Å². The van der Waals surface area contributed by atoms with Gasteiger partial charge in [0.1, 0.15) is 42.2 Å². The lowest BCUT2D eigenvalue weighted by Gasteiger charge is -2.35. The monoisotopic (exact) mass is 1070 g/mol. The molecule has 7 rings (SSSR count). The molecule has 4 aromatic rings. The maximum atomic E-state index is 14.5. The number of aliphatic carboxylic acids is 1. The van der Waals surface area contributed by atoms with Crippen LogP contribution in [0.15, 0.2) is 59.6 Å². The molecule has 0 spiro atoms. The molecule has 3 aliphatic heterocycles. The number of hydrogen-bond donors (Lipinski definition) is 4. The molecule has 380 valence electrons. The summed E-state index contributed by atoms with van der Waals surface area (Å²) in [5.74, 6) is 1.98. The van der Waals surface area contributed by atoms with Gasteiger partial charge in [-0.05, 0) is 54.5 Å². The van der Waals surface area contributed by atoms with Crippen LogP contribution in [0, 0.1) is 23.6 Å². The maximum absolute atomic E-state index is 14.5. The summed E-state index contributed by atoms with van der Waals surface area (Å²) in [6.07, 6.45) is 7.37. The molecule has 0 fully saturated rings.